The molecule has 7 nitrogen and oxygen atoms in total. The predicted octanol–water partition coefficient (Wildman–Crippen LogP) is 5.99. The Morgan fingerprint density at radius 3 is 2.37 bits per heavy atom. The van der Waals surface area contributed by atoms with Gasteiger partial charge in [0.25, 0.3) is 5.92 Å². The lowest BCUT2D eigenvalue weighted by Gasteiger charge is -2.40. The minimum Gasteiger partial charge on any atom is -0.306 e. The summed E-state index contributed by atoms with van der Waals surface area (Å²) in [6.45, 7) is 9.49. The third-order valence-electron chi connectivity index (χ3n) is 9.00. The van der Waals surface area contributed by atoms with Crippen molar-refractivity contribution in [2.75, 3.05) is 13.1 Å². The number of piperidine rings is 1. The van der Waals surface area contributed by atoms with Gasteiger partial charge in [-0.1, -0.05) is 13.8 Å². The number of fused-ring (bicyclic) bond motifs is 2. The number of aromatic nitrogens is 5. The van der Waals surface area contributed by atoms with Gasteiger partial charge in [-0.25, -0.2) is 23.1 Å². The Hall–Kier alpha value is -3.07. The molecule has 0 atom stereocenters. The Bertz CT molecular complexity index is 1550. The van der Waals surface area contributed by atoms with Gasteiger partial charge in [0.1, 0.15) is 6.33 Å². The van der Waals surface area contributed by atoms with E-state index < -0.39 is 5.92 Å². The molecular formula is C29H36F2N6O. The topological polar surface area (TPSA) is 71.2 Å². The molecule has 1 saturated heterocycles. The second-order valence-electron chi connectivity index (χ2n) is 11.6. The molecular weight excluding hydrogens is 486 g/mol. The van der Waals surface area contributed by atoms with Crippen LogP contribution in [0.3, 0.4) is 0 Å². The van der Waals surface area contributed by atoms with Crippen LogP contribution in [0.25, 0.3) is 27.8 Å². The number of rotatable bonds is 4. The van der Waals surface area contributed by atoms with Crippen LogP contribution in [0.1, 0.15) is 81.0 Å². The number of aromatic amines is 1. The number of nitrogens with zero attached hydrogens (tertiary/aromatic N) is 5. The molecule has 9 heteroatoms. The smallest absolute Gasteiger partial charge is 0.306 e. The fourth-order valence-electron chi connectivity index (χ4n) is 6.63. The van der Waals surface area contributed by atoms with Crippen LogP contribution in [0.2, 0.25) is 0 Å². The standard InChI is InChI=1S/C29H36F2N6O/c1-17(2)22-14-26-25(13-23(22)24-15-36-27(32-16-33-36)19(4)18(24)3)34-28(38)37(26)21-7-5-20(6-8-21)35-11-9-29(30,31)10-12-35/h13-17,20-21H,5-12H2,1-4H3,(H,34,38). The van der Waals surface area contributed by atoms with Crippen molar-refractivity contribution >= 4 is 16.7 Å². The minimum absolute atomic E-state index is 0.0437. The summed E-state index contributed by atoms with van der Waals surface area (Å²) in [5.41, 5.74) is 8.19. The number of likely N-dealkylation sites (tertiary alicyclic amines) is 1. The highest BCUT2D eigenvalue weighted by molar-refractivity contribution is 5.86. The van der Waals surface area contributed by atoms with Gasteiger partial charge >= 0.3 is 5.69 Å². The van der Waals surface area contributed by atoms with Crippen molar-refractivity contribution in [2.45, 2.75) is 90.1 Å². The number of alkyl halides is 2. The van der Waals surface area contributed by atoms with Crippen molar-refractivity contribution in [1.82, 2.24) is 29.0 Å². The maximum Gasteiger partial charge on any atom is 0.326 e. The Balaban J connectivity index is 1.33. The molecule has 1 aliphatic carbocycles. The van der Waals surface area contributed by atoms with Crippen LogP contribution >= 0.6 is 0 Å². The molecule has 2 aliphatic rings. The van der Waals surface area contributed by atoms with Crippen molar-refractivity contribution in [1.29, 1.82) is 0 Å². The summed E-state index contributed by atoms with van der Waals surface area (Å²) in [6, 6.07) is 4.75. The summed E-state index contributed by atoms with van der Waals surface area (Å²) >= 11 is 0. The number of nitrogens with one attached hydrogen (secondary N) is 1. The van der Waals surface area contributed by atoms with Gasteiger partial charge in [0.2, 0.25) is 0 Å². The fraction of sp³-hybridized carbons (Fsp3) is 0.552. The molecule has 3 aromatic heterocycles. The minimum atomic E-state index is -2.52. The van der Waals surface area contributed by atoms with Gasteiger partial charge in [-0.15, -0.1) is 0 Å². The van der Waals surface area contributed by atoms with Gasteiger partial charge in [-0.3, -0.25) is 9.47 Å². The van der Waals surface area contributed by atoms with Crippen LogP contribution in [0.4, 0.5) is 8.78 Å². The van der Waals surface area contributed by atoms with E-state index >= 15 is 0 Å². The molecule has 0 bridgehead atoms. The Morgan fingerprint density at radius 2 is 1.68 bits per heavy atom. The molecule has 38 heavy (non-hydrogen) atoms. The molecule has 1 aliphatic heterocycles. The van der Waals surface area contributed by atoms with E-state index in [0.717, 1.165) is 64.6 Å². The second kappa shape index (κ2) is 9.29. The van der Waals surface area contributed by atoms with Crippen LogP contribution in [0.5, 0.6) is 0 Å². The van der Waals surface area contributed by atoms with Gasteiger partial charge < -0.3 is 4.98 Å². The van der Waals surface area contributed by atoms with Crippen LogP contribution in [-0.4, -0.2) is 54.1 Å². The summed E-state index contributed by atoms with van der Waals surface area (Å²) in [4.78, 5) is 23.0. The lowest BCUT2D eigenvalue weighted by molar-refractivity contribution is -0.0664. The molecule has 0 amide bonds. The van der Waals surface area contributed by atoms with Crippen molar-refractivity contribution < 1.29 is 8.78 Å². The van der Waals surface area contributed by atoms with Gasteiger partial charge in [-0.2, -0.15) is 5.10 Å². The molecule has 1 N–H and O–H groups in total. The second-order valence-corrected chi connectivity index (χ2v) is 11.6. The molecule has 0 spiro atoms. The fourth-order valence-corrected chi connectivity index (χ4v) is 6.63. The van der Waals surface area contributed by atoms with E-state index in [-0.39, 0.29) is 30.5 Å². The Kier molecular flexibility index (Phi) is 6.17. The Morgan fingerprint density at radius 1 is 1.00 bits per heavy atom. The molecule has 2 fully saturated rings. The quantitative estimate of drug-likeness (QED) is 0.357. The average molecular weight is 523 g/mol. The third kappa shape index (κ3) is 4.25. The number of aryl methyl sites for hydroxylation is 1. The van der Waals surface area contributed by atoms with Crippen LogP contribution in [0, 0.1) is 13.8 Å². The first-order valence-electron chi connectivity index (χ1n) is 13.8. The van der Waals surface area contributed by atoms with Crippen LogP contribution in [-0.2, 0) is 0 Å². The molecule has 4 heterocycles. The summed E-state index contributed by atoms with van der Waals surface area (Å²) < 4.78 is 31.0. The zero-order valence-corrected chi connectivity index (χ0v) is 22.6. The maximum atomic E-state index is 13.6. The third-order valence-corrected chi connectivity index (χ3v) is 9.00. The van der Waals surface area contributed by atoms with Crippen LogP contribution in [0.15, 0.2) is 29.5 Å². The maximum absolute atomic E-state index is 13.6. The number of halogens is 2. The molecule has 6 rings (SSSR count). The van der Waals surface area contributed by atoms with E-state index in [1.165, 1.54) is 5.56 Å². The van der Waals surface area contributed by atoms with E-state index in [4.69, 9.17) is 0 Å². The monoisotopic (exact) mass is 522 g/mol. The van der Waals surface area contributed by atoms with Gasteiger partial charge in [0.15, 0.2) is 5.65 Å². The van der Waals surface area contributed by atoms with E-state index in [9.17, 15) is 13.6 Å². The van der Waals surface area contributed by atoms with Gasteiger partial charge in [0.05, 0.1) is 11.0 Å². The molecule has 202 valence electrons. The zero-order valence-electron chi connectivity index (χ0n) is 22.6. The number of hydrogen-bond donors (Lipinski definition) is 1. The normalized spacial score (nSPS) is 22.6. The van der Waals surface area contributed by atoms with Crippen molar-refractivity contribution in [3.8, 4) is 11.1 Å². The first kappa shape index (κ1) is 25.2. The summed E-state index contributed by atoms with van der Waals surface area (Å²) in [5, 5.41) is 4.37. The first-order chi connectivity index (χ1) is 18.1. The Labute approximate surface area is 220 Å². The largest absolute Gasteiger partial charge is 0.326 e. The first-order valence-corrected chi connectivity index (χ1v) is 13.8. The van der Waals surface area contributed by atoms with Crippen molar-refractivity contribution in [3.63, 3.8) is 0 Å². The molecule has 4 aromatic rings. The summed E-state index contributed by atoms with van der Waals surface area (Å²) in [5.74, 6) is -2.26. The number of hydrogen-bond acceptors (Lipinski definition) is 4. The lowest BCUT2D eigenvalue weighted by Crippen LogP contribution is -2.46. The molecule has 0 unspecified atom stereocenters. The number of imidazole rings is 1. The number of pyridine rings is 1. The SMILES string of the molecule is Cc1c(-c2cc3[nH]c(=O)n(C4CCC(N5CCC(F)(F)CC5)CC4)c3cc2C(C)C)cn2ncnc2c1C. The molecule has 0 radical (unpaired) electrons. The highest BCUT2D eigenvalue weighted by atomic mass is 19.3. The van der Waals surface area contributed by atoms with E-state index in [2.05, 4.69) is 59.8 Å². The van der Waals surface area contributed by atoms with Crippen molar-refractivity contribution in [2.24, 2.45) is 0 Å². The summed E-state index contributed by atoms with van der Waals surface area (Å²) in [7, 11) is 0. The number of H-pyrrole nitrogens is 1. The molecule has 1 saturated carbocycles. The van der Waals surface area contributed by atoms with E-state index in [1.54, 1.807) is 6.33 Å². The zero-order chi connectivity index (χ0) is 26.8. The molecule has 1 aromatic carbocycles. The van der Waals surface area contributed by atoms with E-state index in [1.807, 2.05) is 15.3 Å². The van der Waals surface area contributed by atoms with Gasteiger partial charge in [0, 0.05) is 49.8 Å². The van der Waals surface area contributed by atoms with Gasteiger partial charge in [-0.05, 0) is 79.8 Å². The lowest BCUT2D eigenvalue weighted by atomic mass is 9.88. The number of benzene rings is 1. The summed E-state index contributed by atoms with van der Waals surface area (Å²) in [6.07, 6.45) is 7.14. The highest BCUT2D eigenvalue weighted by Crippen LogP contribution is 2.39. The highest BCUT2D eigenvalue weighted by Gasteiger charge is 2.37. The van der Waals surface area contributed by atoms with Crippen molar-refractivity contribution in [3.05, 3.63) is 51.8 Å². The average Bonchev–Trinajstić information content (AvgIpc) is 3.49. The van der Waals surface area contributed by atoms with Crippen LogP contribution < -0.4 is 5.69 Å². The predicted molar refractivity (Wildman–Crippen MR) is 145 cm³/mol. The van der Waals surface area contributed by atoms with E-state index in [0.29, 0.717) is 19.1 Å².